The van der Waals surface area contributed by atoms with Crippen LogP contribution in [0.3, 0.4) is 0 Å². The summed E-state index contributed by atoms with van der Waals surface area (Å²) in [7, 11) is 0. The van der Waals surface area contributed by atoms with Gasteiger partial charge in [-0.25, -0.2) is 0 Å². The van der Waals surface area contributed by atoms with Crippen LogP contribution in [0.1, 0.15) is 53.4 Å². The van der Waals surface area contributed by atoms with E-state index in [1.54, 1.807) is 0 Å². The zero-order valence-corrected chi connectivity index (χ0v) is 15.6. The molecule has 2 atom stereocenters. The summed E-state index contributed by atoms with van der Waals surface area (Å²) in [6.07, 6.45) is 4.89. The molecule has 0 radical (unpaired) electrons. The van der Waals surface area contributed by atoms with Crippen LogP contribution in [0, 0.1) is 11.8 Å². The molecular weight excluding hydrogens is 284 g/mol. The summed E-state index contributed by atoms with van der Waals surface area (Å²) in [5, 5.41) is 7.96. The molecule has 20 heavy (non-hydrogen) atoms. The molecule has 0 aliphatic carbocycles. The van der Waals surface area contributed by atoms with Crippen LogP contribution in [-0.4, -0.2) is 36.7 Å². The Morgan fingerprint density at radius 3 is 1.20 bits per heavy atom. The van der Waals surface area contributed by atoms with Crippen LogP contribution in [0.5, 0.6) is 0 Å². The Balaban J connectivity index is 3.57. The third-order valence-corrected chi connectivity index (χ3v) is 5.58. The summed E-state index contributed by atoms with van der Waals surface area (Å²) in [4.78, 5) is 0. The average molecular weight is 321 g/mol. The van der Waals surface area contributed by atoms with Gasteiger partial charge in [0, 0.05) is 36.7 Å². The molecule has 0 bridgehead atoms. The highest BCUT2D eigenvalue weighted by Crippen LogP contribution is 2.17. The van der Waals surface area contributed by atoms with Crippen LogP contribution in [0.4, 0.5) is 0 Å². The molecule has 0 saturated carbocycles. The largest absolute Gasteiger partial charge is 0.314 e. The molecule has 122 valence electrons. The molecule has 0 aromatic carbocycles. The molecule has 0 rings (SSSR count). The fourth-order valence-electron chi connectivity index (χ4n) is 2.68. The molecule has 0 spiro atoms. The molecule has 0 fully saturated rings. The lowest BCUT2D eigenvalue weighted by atomic mass is 9.99. The van der Waals surface area contributed by atoms with Crippen molar-refractivity contribution in [2.45, 2.75) is 63.9 Å². The molecule has 0 saturated heterocycles. The maximum atomic E-state index is 4.70. The lowest BCUT2D eigenvalue weighted by molar-refractivity contribution is 0.440. The molecule has 0 heterocycles. The van der Waals surface area contributed by atoms with Gasteiger partial charge in [-0.2, -0.15) is 25.3 Å². The van der Waals surface area contributed by atoms with E-state index in [9.17, 15) is 0 Å². The van der Waals surface area contributed by atoms with Crippen molar-refractivity contribution >= 4 is 25.3 Å². The number of hydrogen-bond acceptors (Lipinski definition) is 4. The van der Waals surface area contributed by atoms with Gasteiger partial charge in [-0.3, -0.25) is 0 Å². The first kappa shape index (κ1) is 20.6. The van der Waals surface area contributed by atoms with Crippen LogP contribution in [-0.2, 0) is 0 Å². The highest BCUT2D eigenvalue weighted by molar-refractivity contribution is 7.81. The van der Waals surface area contributed by atoms with Crippen molar-refractivity contribution in [3.05, 3.63) is 0 Å². The second-order valence-corrected chi connectivity index (χ2v) is 7.02. The Kier molecular flexibility index (Phi) is 13.7. The van der Waals surface area contributed by atoms with E-state index in [1.165, 1.54) is 25.7 Å². The monoisotopic (exact) mass is 320 g/mol. The number of hydrogen-bond donors (Lipinski definition) is 4. The lowest BCUT2D eigenvalue weighted by Gasteiger charge is -2.22. The summed E-state index contributed by atoms with van der Waals surface area (Å²) >= 11 is 9.40. The summed E-state index contributed by atoms with van der Waals surface area (Å²) in [6, 6.07) is 0. The van der Waals surface area contributed by atoms with Crippen LogP contribution in [0.15, 0.2) is 0 Å². The first-order valence-corrected chi connectivity index (χ1v) is 9.41. The van der Waals surface area contributed by atoms with E-state index in [0.717, 1.165) is 38.0 Å². The van der Waals surface area contributed by atoms with Gasteiger partial charge in [0.2, 0.25) is 0 Å². The Labute approximate surface area is 138 Å². The lowest BCUT2D eigenvalue weighted by Crippen LogP contribution is -2.36. The van der Waals surface area contributed by atoms with Crippen molar-refractivity contribution in [2.24, 2.45) is 11.8 Å². The fraction of sp³-hybridized carbons (Fsp3) is 1.00. The molecule has 2 nitrogen and oxygen atoms in total. The SMILES string of the molecule is CCC(CC)C(S)CNCCNCC(S)C(CC)CC. The summed E-state index contributed by atoms with van der Waals surface area (Å²) in [5.41, 5.74) is 0. The van der Waals surface area contributed by atoms with Crippen LogP contribution in [0.2, 0.25) is 0 Å². The summed E-state index contributed by atoms with van der Waals surface area (Å²) in [5.74, 6) is 1.46. The van der Waals surface area contributed by atoms with Crippen molar-refractivity contribution in [2.75, 3.05) is 26.2 Å². The minimum absolute atomic E-state index is 0.479. The van der Waals surface area contributed by atoms with Crippen molar-refractivity contribution in [3.63, 3.8) is 0 Å². The maximum Gasteiger partial charge on any atom is 0.0170 e. The quantitative estimate of drug-likeness (QED) is 0.308. The molecule has 4 heteroatoms. The number of rotatable bonds is 13. The molecule has 0 amide bonds. The van der Waals surface area contributed by atoms with Gasteiger partial charge in [0.05, 0.1) is 0 Å². The van der Waals surface area contributed by atoms with E-state index >= 15 is 0 Å². The minimum Gasteiger partial charge on any atom is -0.314 e. The number of nitrogens with one attached hydrogen (secondary N) is 2. The van der Waals surface area contributed by atoms with E-state index in [0.29, 0.717) is 10.5 Å². The van der Waals surface area contributed by atoms with Gasteiger partial charge in [-0.1, -0.05) is 53.4 Å². The molecule has 2 unspecified atom stereocenters. The van der Waals surface area contributed by atoms with Gasteiger partial charge >= 0.3 is 0 Å². The molecule has 2 N–H and O–H groups in total. The molecule has 0 aromatic rings. The third-order valence-electron chi connectivity index (χ3n) is 4.37. The average Bonchev–Trinajstić information content (AvgIpc) is 2.45. The Morgan fingerprint density at radius 2 is 0.950 bits per heavy atom. The smallest absolute Gasteiger partial charge is 0.0170 e. The van der Waals surface area contributed by atoms with Gasteiger partial charge in [-0.15, -0.1) is 0 Å². The van der Waals surface area contributed by atoms with E-state index in [1.807, 2.05) is 0 Å². The summed E-state index contributed by atoms with van der Waals surface area (Å²) in [6.45, 7) is 13.1. The van der Waals surface area contributed by atoms with Gasteiger partial charge < -0.3 is 10.6 Å². The second-order valence-electron chi connectivity index (χ2n) is 5.70. The van der Waals surface area contributed by atoms with E-state index < -0.39 is 0 Å². The Hall–Kier alpha value is 0.620. The molecular formula is C16H36N2S2. The second kappa shape index (κ2) is 13.3. The van der Waals surface area contributed by atoms with E-state index in [2.05, 4.69) is 38.3 Å². The maximum absolute atomic E-state index is 4.70. The van der Waals surface area contributed by atoms with Crippen LogP contribution < -0.4 is 10.6 Å². The zero-order valence-electron chi connectivity index (χ0n) is 13.9. The van der Waals surface area contributed by atoms with E-state index in [4.69, 9.17) is 25.3 Å². The van der Waals surface area contributed by atoms with Gasteiger partial charge in [-0.05, 0) is 11.8 Å². The topological polar surface area (TPSA) is 24.1 Å². The number of thiol groups is 2. The van der Waals surface area contributed by atoms with Crippen molar-refractivity contribution in [1.82, 2.24) is 10.6 Å². The normalized spacial score (nSPS) is 15.0. The first-order valence-electron chi connectivity index (χ1n) is 8.38. The first-order chi connectivity index (χ1) is 9.60. The predicted molar refractivity (Wildman–Crippen MR) is 99.4 cm³/mol. The molecule has 0 aliphatic rings. The minimum atomic E-state index is 0.479. The van der Waals surface area contributed by atoms with E-state index in [-0.39, 0.29) is 0 Å². The fourth-order valence-corrected chi connectivity index (χ4v) is 3.78. The van der Waals surface area contributed by atoms with Crippen molar-refractivity contribution in [1.29, 1.82) is 0 Å². The van der Waals surface area contributed by atoms with Crippen LogP contribution in [0.25, 0.3) is 0 Å². The Bertz CT molecular complexity index is 185. The van der Waals surface area contributed by atoms with Crippen LogP contribution >= 0.6 is 25.3 Å². The highest BCUT2D eigenvalue weighted by atomic mass is 32.1. The highest BCUT2D eigenvalue weighted by Gasteiger charge is 2.14. The zero-order chi connectivity index (χ0) is 15.4. The van der Waals surface area contributed by atoms with Gasteiger partial charge in [0.25, 0.3) is 0 Å². The van der Waals surface area contributed by atoms with Crippen molar-refractivity contribution in [3.8, 4) is 0 Å². The Morgan fingerprint density at radius 1 is 0.650 bits per heavy atom. The van der Waals surface area contributed by atoms with Gasteiger partial charge in [0.15, 0.2) is 0 Å². The molecule has 0 aromatic heterocycles. The predicted octanol–water partition coefficient (Wildman–Crippen LogP) is 3.63. The summed E-state index contributed by atoms with van der Waals surface area (Å²) < 4.78 is 0. The third kappa shape index (κ3) is 8.81. The molecule has 0 aliphatic heterocycles. The van der Waals surface area contributed by atoms with Gasteiger partial charge in [0.1, 0.15) is 0 Å². The van der Waals surface area contributed by atoms with Crippen molar-refractivity contribution < 1.29 is 0 Å². The standard InChI is InChI=1S/C16H36N2S2/c1-5-13(6-2)15(19)11-17-9-10-18-12-16(20)14(7-3)8-4/h13-20H,5-12H2,1-4H3.